The number of fused-ring (bicyclic) bond motifs is 1. The van der Waals surface area contributed by atoms with Crippen LogP contribution in [0.1, 0.15) is 23.8 Å². The van der Waals surface area contributed by atoms with Gasteiger partial charge >= 0.3 is 0 Å². The van der Waals surface area contributed by atoms with Crippen LogP contribution in [0, 0.1) is 0 Å². The van der Waals surface area contributed by atoms with Gasteiger partial charge in [0, 0.05) is 22.9 Å². The fraction of sp³-hybridized carbons (Fsp3) is 0.182. The number of anilines is 1. The van der Waals surface area contributed by atoms with Gasteiger partial charge in [-0.1, -0.05) is 36.7 Å². The summed E-state index contributed by atoms with van der Waals surface area (Å²) in [7, 11) is 1.55. The first-order valence-corrected chi connectivity index (χ1v) is 10.9. The van der Waals surface area contributed by atoms with E-state index >= 15 is 0 Å². The molecule has 0 aliphatic rings. The second-order valence-electron chi connectivity index (χ2n) is 6.76. The molecule has 0 saturated heterocycles. The van der Waals surface area contributed by atoms with E-state index in [-0.39, 0.29) is 11.3 Å². The van der Waals surface area contributed by atoms with Crippen molar-refractivity contribution in [2.75, 3.05) is 12.4 Å². The van der Waals surface area contributed by atoms with E-state index in [2.05, 4.69) is 15.4 Å². The fourth-order valence-electron chi connectivity index (χ4n) is 3.21. The minimum absolute atomic E-state index is 0.188. The Labute approximate surface area is 187 Å². The number of thiazole rings is 1. The van der Waals surface area contributed by atoms with E-state index in [1.807, 2.05) is 18.4 Å². The van der Waals surface area contributed by atoms with Crippen LogP contribution >= 0.6 is 22.9 Å². The molecule has 1 N–H and O–H groups in total. The van der Waals surface area contributed by atoms with Crippen molar-refractivity contribution in [1.29, 1.82) is 0 Å². The lowest BCUT2D eigenvalue weighted by Crippen LogP contribution is -2.27. The smallest absolute Gasteiger partial charge is 0.278 e. The summed E-state index contributed by atoms with van der Waals surface area (Å²) in [5, 5.41) is 10.8. The number of aromatic nitrogens is 3. The van der Waals surface area contributed by atoms with Crippen molar-refractivity contribution >= 4 is 44.7 Å². The van der Waals surface area contributed by atoms with Gasteiger partial charge in [0.25, 0.3) is 11.5 Å². The summed E-state index contributed by atoms with van der Waals surface area (Å²) >= 11 is 7.50. The number of halogens is 1. The molecule has 0 bridgehead atoms. The van der Waals surface area contributed by atoms with Crippen LogP contribution < -0.4 is 15.6 Å². The molecule has 0 spiro atoms. The quantitative estimate of drug-likeness (QED) is 0.450. The highest BCUT2D eigenvalue weighted by Crippen LogP contribution is 2.32. The van der Waals surface area contributed by atoms with Gasteiger partial charge in [0.05, 0.1) is 23.2 Å². The third kappa shape index (κ3) is 4.17. The molecule has 1 amide bonds. The minimum Gasteiger partial charge on any atom is -0.495 e. The number of benzene rings is 2. The molecule has 4 rings (SSSR count). The molecular weight excluding hydrogens is 436 g/mol. The number of nitrogens with zero attached hydrogens (tertiary/aromatic N) is 3. The molecule has 9 heteroatoms. The van der Waals surface area contributed by atoms with Crippen molar-refractivity contribution in [1.82, 2.24) is 14.8 Å². The number of aryl methyl sites for hydroxylation is 1. The van der Waals surface area contributed by atoms with Gasteiger partial charge in [-0.05, 0) is 30.7 Å². The van der Waals surface area contributed by atoms with Crippen molar-refractivity contribution in [3.63, 3.8) is 0 Å². The van der Waals surface area contributed by atoms with Crippen LogP contribution in [0.15, 0.2) is 52.6 Å². The minimum atomic E-state index is -0.422. The standard InChI is InChI=1S/C22H19ClN4O3S/c1-3-10-27-21(29)15-7-5-4-6-14(15)19(26-27)20(28)25-22-24-17(12-31-22)13-8-9-18(30-2)16(23)11-13/h4-9,11-12H,3,10H2,1-2H3,(H,24,25,28). The molecule has 4 aromatic rings. The predicted molar refractivity (Wildman–Crippen MR) is 123 cm³/mol. The maximum absolute atomic E-state index is 13.0. The lowest BCUT2D eigenvalue weighted by Gasteiger charge is -2.09. The van der Waals surface area contributed by atoms with Gasteiger partial charge in [-0.2, -0.15) is 5.10 Å². The Bertz CT molecular complexity index is 1330. The van der Waals surface area contributed by atoms with Crippen LogP contribution in [0.3, 0.4) is 0 Å². The van der Waals surface area contributed by atoms with Crippen LogP contribution in [0.2, 0.25) is 5.02 Å². The lowest BCUT2D eigenvalue weighted by atomic mass is 10.1. The average Bonchev–Trinajstić information content (AvgIpc) is 3.24. The highest BCUT2D eigenvalue weighted by molar-refractivity contribution is 7.14. The van der Waals surface area contributed by atoms with Crippen LogP contribution in [0.25, 0.3) is 22.0 Å². The highest BCUT2D eigenvalue weighted by Gasteiger charge is 2.18. The fourth-order valence-corrected chi connectivity index (χ4v) is 4.18. The number of hydrogen-bond donors (Lipinski definition) is 1. The van der Waals surface area contributed by atoms with Gasteiger partial charge in [-0.25, -0.2) is 9.67 Å². The number of rotatable bonds is 6. The largest absolute Gasteiger partial charge is 0.495 e. The summed E-state index contributed by atoms with van der Waals surface area (Å²) in [6, 6.07) is 12.4. The summed E-state index contributed by atoms with van der Waals surface area (Å²) in [5.74, 6) is 0.157. The SMILES string of the molecule is CCCn1nc(C(=O)Nc2nc(-c3ccc(OC)c(Cl)c3)cs2)c2ccccc2c1=O. The first-order chi connectivity index (χ1) is 15.0. The normalized spacial score (nSPS) is 10.9. The summed E-state index contributed by atoms with van der Waals surface area (Å²) in [6.45, 7) is 2.38. The third-order valence-corrected chi connectivity index (χ3v) is 5.74. The molecule has 0 radical (unpaired) electrons. The summed E-state index contributed by atoms with van der Waals surface area (Å²) in [6.07, 6.45) is 0.729. The Kier molecular flexibility index (Phi) is 6.01. The maximum Gasteiger partial charge on any atom is 0.278 e. The number of ether oxygens (including phenoxy) is 1. The van der Waals surface area contributed by atoms with E-state index in [1.54, 1.807) is 43.5 Å². The first kappa shape index (κ1) is 21.0. The maximum atomic E-state index is 13.0. The number of nitrogens with one attached hydrogen (secondary N) is 1. The summed E-state index contributed by atoms with van der Waals surface area (Å²) in [4.78, 5) is 30.1. The molecule has 0 unspecified atom stereocenters. The Hall–Kier alpha value is -3.23. The van der Waals surface area contributed by atoms with Crippen LogP contribution in [-0.2, 0) is 6.54 Å². The van der Waals surface area contributed by atoms with E-state index in [0.29, 0.717) is 38.9 Å². The van der Waals surface area contributed by atoms with Crippen molar-refractivity contribution in [3.05, 3.63) is 68.9 Å². The van der Waals surface area contributed by atoms with E-state index in [9.17, 15) is 9.59 Å². The zero-order valence-electron chi connectivity index (χ0n) is 16.9. The van der Waals surface area contributed by atoms with Gasteiger partial charge < -0.3 is 4.74 Å². The number of carbonyl (C=O) groups is 1. The second kappa shape index (κ2) is 8.87. The molecule has 0 aliphatic heterocycles. The van der Waals surface area contributed by atoms with Crippen LogP contribution in [-0.4, -0.2) is 27.8 Å². The summed E-state index contributed by atoms with van der Waals surface area (Å²) in [5.41, 5.74) is 1.47. The number of methoxy groups -OCH3 is 1. The predicted octanol–water partition coefficient (Wildman–Crippen LogP) is 4.84. The zero-order chi connectivity index (χ0) is 22.0. The van der Waals surface area contributed by atoms with Gasteiger partial charge in [0.1, 0.15) is 5.75 Å². The number of carbonyl (C=O) groups excluding carboxylic acids is 1. The van der Waals surface area contributed by atoms with Crippen molar-refractivity contribution in [3.8, 4) is 17.0 Å². The molecule has 31 heavy (non-hydrogen) atoms. The molecule has 2 heterocycles. The number of hydrogen-bond acceptors (Lipinski definition) is 6. The molecule has 0 atom stereocenters. The van der Waals surface area contributed by atoms with E-state index < -0.39 is 5.91 Å². The van der Waals surface area contributed by atoms with E-state index in [4.69, 9.17) is 16.3 Å². The van der Waals surface area contributed by atoms with Crippen molar-refractivity contribution in [2.24, 2.45) is 0 Å². The van der Waals surface area contributed by atoms with Gasteiger partial charge in [-0.15, -0.1) is 11.3 Å². The van der Waals surface area contributed by atoms with Crippen LogP contribution in [0.5, 0.6) is 5.75 Å². The molecule has 0 aliphatic carbocycles. The molecule has 0 saturated carbocycles. The third-order valence-electron chi connectivity index (χ3n) is 4.69. The van der Waals surface area contributed by atoms with Gasteiger partial charge in [0.2, 0.25) is 0 Å². The zero-order valence-corrected chi connectivity index (χ0v) is 18.5. The first-order valence-electron chi connectivity index (χ1n) is 9.62. The van der Waals surface area contributed by atoms with Crippen molar-refractivity contribution < 1.29 is 9.53 Å². The van der Waals surface area contributed by atoms with Crippen LogP contribution in [0.4, 0.5) is 5.13 Å². The molecule has 2 aromatic heterocycles. The second-order valence-corrected chi connectivity index (χ2v) is 8.03. The Morgan fingerprint density at radius 2 is 2.00 bits per heavy atom. The summed E-state index contributed by atoms with van der Waals surface area (Å²) < 4.78 is 6.51. The molecule has 158 valence electrons. The molecule has 0 fully saturated rings. The Morgan fingerprint density at radius 1 is 1.23 bits per heavy atom. The highest BCUT2D eigenvalue weighted by atomic mass is 35.5. The molecular formula is C22H19ClN4O3S. The topological polar surface area (TPSA) is 86.1 Å². The van der Waals surface area contributed by atoms with E-state index in [1.165, 1.54) is 16.0 Å². The molecule has 2 aromatic carbocycles. The average molecular weight is 455 g/mol. The Morgan fingerprint density at radius 3 is 2.71 bits per heavy atom. The lowest BCUT2D eigenvalue weighted by molar-refractivity contribution is 0.102. The Balaban J connectivity index is 1.65. The molecule has 7 nitrogen and oxygen atoms in total. The van der Waals surface area contributed by atoms with Crippen molar-refractivity contribution in [2.45, 2.75) is 19.9 Å². The van der Waals surface area contributed by atoms with Gasteiger partial charge in [-0.3, -0.25) is 14.9 Å². The monoisotopic (exact) mass is 454 g/mol. The van der Waals surface area contributed by atoms with Gasteiger partial charge in [0.15, 0.2) is 10.8 Å². The van der Waals surface area contributed by atoms with E-state index in [0.717, 1.165) is 12.0 Å². The number of amides is 1.